The third-order valence-corrected chi connectivity index (χ3v) is 7.63. The van der Waals surface area contributed by atoms with Crippen molar-refractivity contribution >= 4 is 39.1 Å². The lowest BCUT2D eigenvalue weighted by Crippen LogP contribution is -2.39. The minimum atomic E-state index is -0.707. The van der Waals surface area contributed by atoms with Gasteiger partial charge >= 0.3 is 0 Å². The van der Waals surface area contributed by atoms with Gasteiger partial charge in [-0.1, -0.05) is 45.5 Å². The monoisotopic (exact) mass is 562 g/mol. The zero-order valence-electron chi connectivity index (χ0n) is 19.3. The summed E-state index contributed by atoms with van der Waals surface area (Å²) in [5.74, 6) is 2.31. The molecule has 36 heavy (non-hydrogen) atoms. The van der Waals surface area contributed by atoms with Crippen LogP contribution in [0.25, 0.3) is 17.4 Å². The first-order valence-electron chi connectivity index (χ1n) is 11.2. The molecule has 2 aromatic heterocycles. The molecular formula is C27H19BrN2O5S. The van der Waals surface area contributed by atoms with E-state index in [2.05, 4.69) is 20.9 Å². The summed E-state index contributed by atoms with van der Waals surface area (Å²) in [6.07, 6.45) is 1.80. The molecule has 1 atom stereocenters. The van der Waals surface area contributed by atoms with Gasteiger partial charge in [-0.15, -0.1) is 0 Å². The summed E-state index contributed by atoms with van der Waals surface area (Å²) in [6.45, 7) is 3.46. The first kappa shape index (κ1) is 22.8. The molecule has 4 aromatic rings. The predicted molar refractivity (Wildman–Crippen MR) is 139 cm³/mol. The normalized spacial score (nSPS) is 16.8. The van der Waals surface area contributed by atoms with E-state index < -0.39 is 6.04 Å². The molecule has 2 aliphatic rings. The number of allylic oxidation sites excluding steroid dienone is 2. The van der Waals surface area contributed by atoms with Gasteiger partial charge in [-0.25, -0.2) is 4.99 Å². The van der Waals surface area contributed by atoms with Gasteiger partial charge in [-0.05, 0) is 61.9 Å². The second-order valence-electron chi connectivity index (χ2n) is 8.46. The lowest BCUT2D eigenvalue weighted by atomic mass is 9.98. The van der Waals surface area contributed by atoms with E-state index in [4.69, 9.17) is 13.9 Å². The number of nitrogens with zero attached hydrogens (tertiary/aromatic N) is 2. The zero-order valence-corrected chi connectivity index (χ0v) is 21.7. The summed E-state index contributed by atoms with van der Waals surface area (Å²) in [5.41, 5.74) is 2.47. The third-order valence-electron chi connectivity index (χ3n) is 6.12. The lowest BCUT2D eigenvalue weighted by Gasteiger charge is -2.22. The standard InChI is InChI=1S/C27H19BrN2O5S/c1-14-24(15(2)31)25(21-10-9-19(35-21)17-4-6-18(28)7-5-17)30-26(32)23(36-27(30)29-14)12-16-3-8-20-22(11-16)34-13-33-20/h3-12,25H,13H2,1-2H3/b23-12+/t25-/m0/s1. The van der Waals surface area contributed by atoms with E-state index in [-0.39, 0.29) is 18.1 Å². The van der Waals surface area contributed by atoms with E-state index in [9.17, 15) is 9.59 Å². The molecule has 0 saturated heterocycles. The Morgan fingerprint density at radius 3 is 2.67 bits per heavy atom. The Kier molecular flexibility index (Phi) is 5.54. The topological polar surface area (TPSA) is 83.0 Å². The average molecular weight is 563 g/mol. The number of fused-ring (bicyclic) bond motifs is 2. The number of Topliss-reactive ketones (excluding diaryl/α,β-unsaturated/α-hetero) is 1. The molecule has 0 unspecified atom stereocenters. The Morgan fingerprint density at radius 2 is 1.89 bits per heavy atom. The second-order valence-corrected chi connectivity index (χ2v) is 10.4. The minimum Gasteiger partial charge on any atom is -0.458 e. The van der Waals surface area contributed by atoms with E-state index in [1.807, 2.05) is 54.6 Å². The Balaban J connectivity index is 1.49. The van der Waals surface area contributed by atoms with Gasteiger partial charge in [0.2, 0.25) is 6.79 Å². The highest BCUT2D eigenvalue weighted by Gasteiger charge is 2.33. The number of ketones is 1. The van der Waals surface area contributed by atoms with Crippen LogP contribution >= 0.6 is 27.3 Å². The van der Waals surface area contributed by atoms with Gasteiger partial charge in [0.05, 0.1) is 4.53 Å². The van der Waals surface area contributed by atoms with Gasteiger partial charge in [0.1, 0.15) is 17.6 Å². The van der Waals surface area contributed by atoms with Crippen molar-refractivity contribution in [2.45, 2.75) is 19.9 Å². The summed E-state index contributed by atoms with van der Waals surface area (Å²) in [6, 6.07) is 16.2. The molecule has 0 N–H and O–H groups in total. The Hall–Kier alpha value is -3.69. The number of carbonyl (C=O) groups excluding carboxylic acids is 1. The molecule has 2 aliphatic heterocycles. The first-order chi connectivity index (χ1) is 17.4. The highest BCUT2D eigenvalue weighted by Crippen LogP contribution is 2.35. The number of carbonyl (C=O) groups is 1. The molecule has 0 saturated carbocycles. The predicted octanol–water partition coefficient (Wildman–Crippen LogP) is 4.58. The Morgan fingerprint density at radius 1 is 1.11 bits per heavy atom. The van der Waals surface area contributed by atoms with Crippen molar-refractivity contribution in [2.75, 3.05) is 6.79 Å². The molecule has 2 aromatic carbocycles. The molecule has 0 spiro atoms. The summed E-state index contributed by atoms with van der Waals surface area (Å²) < 4.78 is 20.1. The van der Waals surface area contributed by atoms with Crippen LogP contribution in [0.3, 0.4) is 0 Å². The highest BCUT2D eigenvalue weighted by atomic mass is 79.9. The van der Waals surface area contributed by atoms with Crippen LogP contribution in [0, 0.1) is 0 Å². The number of thiazole rings is 1. The highest BCUT2D eigenvalue weighted by molar-refractivity contribution is 9.10. The maximum absolute atomic E-state index is 13.7. The fraction of sp³-hybridized carbons (Fsp3) is 0.148. The molecule has 0 fully saturated rings. The fourth-order valence-electron chi connectivity index (χ4n) is 4.46. The summed E-state index contributed by atoms with van der Waals surface area (Å²) in [5, 5.41) is 0. The molecule has 0 aliphatic carbocycles. The number of rotatable bonds is 4. The number of furan rings is 1. The van der Waals surface area contributed by atoms with Gasteiger partial charge in [0.15, 0.2) is 22.1 Å². The first-order valence-corrected chi connectivity index (χ1v) is 12.8. The summed E-state index contributed by atoms with van der Waals surface area (Å²) in [4.78, 5) is 31.5. The SMILES string of the molecule is CC(=O)C1=C(C)N=c2s/c(=C/c3ccc4c(c3)OCO4)c(=O)n2[C@H]1c1ccc(-c2ccc(Br)cc2)o1. The van der Waals surface area contributed by atoms with Gasteiger partial charge in [-0.2, -0.15) is 0 Å². The average Bonchev–Trinajstić information content (AvgIpc) is 3.58. The van der Waals surface area contributed by atoms with E-state index in [0.29, 0.717) is 43.6 Å². The van der Waals surface area contributed by atoms with Gasteiger partial charge in [0, 0.05) is 21.3 Å². The number of aromatic nitrogens is 1. The van der Waals surface area contributed by atoms with Crippen LogP contribution in [0.5, 0.6) is 11.5 Å². The Bertz CT molecular complexity index is 1740. The van der Waals surface area contributed by atoms with Crippen LogP contribution in [0.2, 0.25) is 0 Å². The second kappa shape index (κ2) is 8.76. The zero-order chi connectivity index (χ0) is 25.0. The van der Waals surface area contributed by atoms with Crippen LogP contribution in [0.1, 0.15) is 31.2 Å². The maximum Gasteiger partial charge on any atom is 0.271 e. The van der Waals surface area contributed by atoms with Crippen molar-refractivity contribution in [1.82, 2.24) is 4.57 Å². The largest absolute Gasteiger partial charge is 0.458 e. The van der Waals surface area contributed by atoms with E-state index in [1.165, 1.54) is 18.3 Å². The van der Waals surface area contributed by atoms with Crippen LogP contribution in [-0.2, 0) is 4.79 Å². The van der Waals surface area contributed by atoms with Crippen molar-refractivity contribution in [3.05, 3.63) is 101 Å². The molecule has 0 amide bonds. The smallest absolute Gasteiger partial charge is 0.271 e. The molecule has 7 nitrogen and oxygen atoms in total. The molecule has 0 bridgehead atoms. The molecule has 4 heterocycles. The number of hydrogen-bond acceptors (Lipinski definition) is 7. The van der Waals surface area contributed by atoms with Gasteiger partial charge in [0.25, 0.3) is 5.56 Å². The van der Waals surface area contributed by atoms with Crippen LogP contribution in [0.15, 0.2) is 84.5 Å². The number of benzene rings is 2. The summed E-state index contributed by atoms with van der Waals surface area (Å²) >= 11 is 4.72. The third kappa shape index (κ3) is 3.84. The van der Waals surface area contributed by atoms with Crippen molar-refractivity contribution in [2.24, 2.45) is 4.99 Å². The van der Waals surface area contributed by atoms with E-state index in [1.54, 1.807) is 17.6 Å². The van der Waals surface area contributed by atoms with Crippen molar-refractivity contribution < 1.29 is 18.7 Å². The van der Waals surface area contributed by atoms with Crippen molar-refractivity contribution in [3.8, 4) is 22.8 Å². The quantitative estimate of drug-likeness (QED) is 0.363. The molecular weight excluding hydrogens is 544 g/mol. The molecule has 0 radical (unpaired) electrons. The van der Waals surface area contributed by atoms with Crippen LogP contribution < -0.4 is 24.4 Å². The lowest BCUT2D eigenvalue weighted by molar-refractivity contribution is -0.114. The molecule has 6 rings (SSSR count). The van der Waals surface area contributed by atoms with E-state index >= 15 is 0 Å². The maximum atomic E-state index is 13.7. The van der Waals surface area contributed by atoms with Gasteiger partial charge < -0.3 is 13.9 Å². The molecule has 9 heteroatoms. The van der Waals surface area contributed by atoms with Gasteiger partial charge in [-0.3, -0.25) is 14.2 Å². The van der Waals surface area contributed by atoms with E-state index in [0.717, 1.165) is 15.6 Å². The van der Waals surface area contributed by atoms with Crippen molar-refractivity contribution in [3.63, 3.8) is 0 Å². The number of hydrogen-bond donors (Lipinski definition) is 0. The fourth-order valence-corrected chi connectivity index (χ4v) is 5.77. The number of halogens is 1. The minimum absolute atomic E-state index is 0.159. The van der Waals surface area contributed by atoms with Crippen LogP contribution in [0.4, 0.5) is 0 Å². The molecule has 180 valence electrons. The Labute approximate surface area is 217 Å². The van der Waals surface area contributed by atoms with Crippen LogP contribution in [-0.4, -0.2) is 17.1 Å². The number of ether oxygens (including phenoxy) is 2. The summed E-state index contributed by atoms with van der Waals surface area (Å²) in [7, 11) is 0. The van der Waals surface area contributed by atoms with Crippen molar-refractivity contribution in [1.29, 1.82) is 0 Å².